The normalized spacial score (nSPS) is 23.4. The Kier molecular flexibility index (Phi) is 3.81. The maximum atomic E-state index is 13.4. The second-order valence-corrected chi connectivity index (χ2v) is 8.92. The van der Waals surface area contributed by atoms with Gasteiger partial charge in [-0.15, -0.1) is 0 Å². The van der Waals surface area contributed by atoms with E-state index in [1.165, 1.54) is 16.6 Å². The minimum absolute atomic E-state index is 0.234. The molecule has 5 nitrogen and oxygen atoms in total. The third-order valence-corrected chi connectivity index (χ3v) is 6.26. The van der Waals surface area contributed by atoms with Gasteiger partial charge in [0.2, 0.25) is 10.0 Å². The van der Waals surface area contributed by atoms with E-state index in [2.05, 4.69) is 9.88 Å². The van der Waals surface area contributed by atoms with Crippen LogP contribution in [0.4, 0.5) is 10.1 Å². The summed E-state index contributed by atoms with van der Waals surface area (Å²) < 4.78 is 39.3. The van der Waals surface area contributed by atoms with Gasteiger partial charge in [0.05, 0.1) is 17.6 Å². The SMILES string of the molecule is CS(=O)(=O)N1CC2(CCN(Cc3cccc(F)c3)C2)c2ncccc21. The molecule has 132 valence electrons. The van der Waals surface area contributed by atoms with E-state index in [1.54, 1.807) is 24.4 Å². The van der Waals surface area contributed by atoms with Gasteiger partial charge in [-0.25, -0.2) is 12.8 Å². The molecular formula is C18H20FN3O2S. The Morgan fingerprint density at radius 1 is 1.24 bits per heavy atom. The molecule has 1 unspecified atom stereocenters. The van der Waals surface area contributed by atoms with Crippen LogP contribution >= 0.6 is 0 Å². The molecule has 0 bridgehead atoms. The van der Waals surface area contributed by atoms with Crippen molar-refractivity contribution in [3.63, 3.8) is 0 Å². The summed E-state index contributed by atoms with van der Waals surface area (Å²) in [5, 5.41) is 0. The van der Waals surface area contributed by atoms with Crippen LogP contribution in [0.3, 0.4) is 0 Å². The molecule has 1 aromatic heterocycles. The predicted octanol–water partition coefficient (Wildman–Crippen LogP) is 2.14. The molecule has 2 aromatic rings. The molecule has 0 aliphatic carbocycles. The molecule has 1 fully saturated rings. The number of nitrogens with zero attached hydrogens (tertiary/aromatic N) is 3. The zero-order valence-electron chi connectivity index (χ0n) is 14.0. The van der Waals surface area contributed by atoms with Crippen LogP contribution in [0.25, 0.3) is 0 Å². The van der Waals surface area contributed by atoms with E-state index in [-0.39, 0.29) is 11.2 Å². The number of pyridine rings is 1. The van der Waals surface area contributed by atoms with E-state index in [1.807, 2.05) is 12.1 Å². The molecule has 7 heteroatoms. The van der Waals surface area contributed by atoms with Crippen molar-refractivity contribution < 1.29 is 12.8 Å². The van der Waals surface area contributed by atoms with Gasteiger partial charge in [0.1, 0.15) is 5.82 Å². The molecule has 25 heavy (non-hydrogen) atoms. The van der Waals surface area contributed by atoms with Crippen molar-refractivity contribution in [1.82, 2.24) is 9.88 Å². The summed E-state index contributed by atoms with van der Waals surface area (Å²) in [7, 11) is -3.34. The molecule has 0 amide bonds. The van der Waals surface area contributed by atoms with E-state index < -0.39 is 10.0 Å². The van der Waals surface area contributed by atoms with Crippen molar-refractivity contribution in [2.75, 3.05) is 30.2 Å². The number of benzene rings is 1. The van der Waals surface area contributed by atoms with Crippen LogP contribution in [0.2, 0.25) is 0 Å². The summed E-state index contributed by atoms with van der Waals surface area (Å²) in [4.78, 5) is 6.77. The van der Waals surface area contributed by atoms with Crippen LogP contribution in [0.15, 0.2) is 42.6 Å². The van der Waals surface area contributed by atoms with Crippen molar-refractivity contribution in [1.29, 1.82) is 0 Å². The summed E-state index contributed by atoms with van der Waals surface area (Å²) in [6, 6.07) is 10.2. The van der Waals surface area contributed by atoms with E-state index in [9.17, 15) is 12.8 Å². The summed E-state index contributed by atoms with van der Waals surface area (Å²) in [6.45, 7) is 2.64. The molecule has 0 N–H and O–H groups in total. The highest BCUT2D eigenvalue weighted by molar-refractivity contribution is 7.92. The number of halogens is 1. The Morgan fingerprint density at radius 2 is 2.08 bits per heavy atom. The average Bonchev–Trinajstić information content (AvgIpc) is 3.10. The number of rotatable bonds is 3. The summed E-state index contributed by atoms with van der Waals surface area (Å²) in [5.74, 6) is -0.234. The van der Waals surface area contributed by atoms with E-state index in [4.69, 9.17) is 0 Å². The highest BCUT2D eigenvalue weighted by atomic mass is 32.2. The van der Waals surface area contributed by atoms with Crippen molar-refractivity contribution in [2.45, 2.75) is 18.4 Å². The van der Waals surface area contributed by atoms with Gasteiger partial charge in [0, 0.05) is 31.2 Å². The van der Waals surface area contributed by atoms with Crippen molar-refractivity contribution in [3.8, 4) is 0 Å². The lowest BCUT2D eigenvalue weighted by Crippen LogP contribution is -2.38. The highest BCUT2D eigenvalue weighted by Crippen LogP contribution is 2.46. The summed E-state index contributed by atoms with van der Waals surface area (Å²) in [5.41, 5.74) is 2.20. The molecule has 4 rings (SSSR count). The first-order valence-electron chi connectivity index (χ1n) is 8.27. The molecular weight excluding hydrogens is 341 g/mol. The van der Waals surface area contributed by atoms with Crippen molar-refractivity contribution in [3.05, 3.63) is 59.7 Å². The predicted molar refractivity (Wildman–Crippen MR) is 94.4 cm³/mol. The molecule has 1 atom stereocenters. The maximum Gasteiger partial charge on any atom is 0.232 e. The first kappa shape index (κ1) is 16.5. The lowest BCUT2D eigenvalue weighted by molar-refractivity contribution is 0.306. The molecule has 2 aliphatic heterocycles. The maximum absolute atomic E-state index is 13.4. The van der Waals surface area contributed by atoms with Crippen LogP contribution in [-0.2, 0) is 22.0 Å². The van der Waals surface area contributed by atoms with Crippen LogP contribution in [0.5, 0.6) is 0 Å². The first-order valence-corrected chi connectivity index (χ1v) is 10.1. The van der Waals surface area contributed by atoms with Crippen LogP contribution in [0.1, 0.15) is 17.7 Å². The third kappa shape index (κ3) is 2.91. The Balaban J connectivity index is 1.61. The third-order valence-electron chi connectivity index (χ3n) is 5.13. The molecule has 2 aliphatic rings. The number of anilines is 1. The van der Waals surface area contributed by atoms with Gasteiger partial charge in [-0.2, -0.15) is 0 Å². The number of sulfonamides is 1. The zero-order valence-corrected chi connectivity index (χ0v) is 14.8. The number of hydrogen-bond donors (Lipinski definition) is 0. The fourth-order valence-electron chi connectivity index (χ4n) is 4.05. The summed E-state index contributed by atoms with van der Waals surface area (Å²) >= 11 is 0. The smallest absolute Gasteiger partial charge is 0.232 e. The van der Waals surface area contributed by atoms with Crippen LogP contribution in [-0.4, -0.2) is 44.2 Å². The van der Waals surface area contributed by atoms with Crippen LogP contribution < -0.4 is 4.31 Å². The topological polar surface area (TPSA) is 53.5 Å². The minimum atomic E-state index is -3.34. The highest BCUT2D eigenvalue weighted by Gasteiger charge is 2.50. The van der Waals surface area contributed by atoms with Gasteiger partial charge in [0.25, 0.3) is 0 Å². The van der Waals surface area contributed by atoms with Gasteiger partial charge in [-0.1, -0.05) is 12.1 Å². The lowest BCUT2D eigenvalue weighted by Gasteiger charge is -2.25. The molecule has 3 heterocycles. The standard InChI is InChI=1S/C18H20FN3O2S/c1-25(23,24)22-13-18(17-16(22)6-3-8-20-17)7-9-21(12-18)11-14-4-2-5-15(19)10-14/h2-6,8,10H,7,9,11-13H2,1H3. The van der Waals surface area contributed by atoms with Crippen molar-refractivity contribution in [2.24, 2.45) is 0 Å². The molecule has 1 spiro atoms. The zero-order chi connectivity index (χ0) is 17.7. The molecule has 0 radical (unpaired) electrons. The van der Waals surface area contributed by atoms with E-state index in [0.717, 1.165) is 30.8 Å². The first-order chi connectivity index (χ1) is 11.9. The number of fused-ring (bicyclic) bond motifs is 2. The van der Waals surface area contributed by atoms with E-state index >= 15 is 0 Å². The Bertz CT molecular complexity index is 918. The number of hydrogen-bond acceptors (Lipinski definition) is 4. The molecule has 0 saturated carbocycles. The molecule has 1 saturated heterocycles. The Hall–Kier alpha value is -1.99. The van der Waals surface area contributed by atoms with Crippen LogP contribution in [0, 0.1) is 5.82 Å². The van der Waals surface area contributed by atoms with Gasteiger partial charge in [0.15, 0.2) is 0 Å². The van der Waals surface area contributed by atoms with E-state index in [0.29, 0.717) is 18.8 Å². The second kappa shape index (κ2) is 5.78. The van der Waals surface area contributed by atoms with Gasteiger partial charge in [-0.05, 0) is 42.8 Å². The van der Waals surface area contributed by atoms with Gasteiger partial charge >= 0.3 is 0 Å². The monoisotopic (exact) mass is 361 g/mol. The Labute approximate surface area is 147 Å². The average molecular weight is 361 g/mol. The van der Waals surface area contributed by atoms with Gasteiger partial charge < -0.3 is 0 Å². The lowest BCUT2D eigenvalue weighted by atomic mass is 9.85. The minimum Gasteiger partial charge on any atom is -0.298 e. The number of likely N-dealkylation sites (tertiary alicyclic amines) is 1. The Morgan fingerprint density at radius 3 is 2.84 bits per heavy atom. The fraction of sp³-hybridized carbons (Fsp3) is 0.389. The second-order valence-electron chi connectivity index (χ2n) is 7.01. The quantitative estimate of drug-likeness (QED) is 0.841. The van der Waals surface area contributed by atoms with Gasteiger partial charge in [-0.3, -0.25) is 14.2 Å². The van der Waals surface area contributed by atoms with Crippen molar-refractivity contribution >= 4 is 15.7 Å². The largest absolute Gasteiger partial charge is 0.298 e. The number of aromatic nitrogens is 1. The molecule has 1 aromatic carbocycles. The fourth-order valence-corrected chi connectivity index (χ4v) is 5.03. The summed E-state index contributed by atoms with van der Waals surface area (Å²) in [6.07, 6.45) is 3.81.